The van der Waals surface area contributed by atoms with Gasteiger partial charge in [-0.1, -0.05) is 54.6 Å². The number of nitrogens with zero attached hydrogens (tertiary/aromatic N) is 4. The van der Waals surface area contributed by atoms with Crippen LogP contribution in [0.2, 0.25) is 0 Å². The Bertz CT molecular complexity index is 3830. The number of nitrogens with one attached hydrogen (secondary N) is 13. The number of fused-ring (bicyclic) bond motifs is 3. The van der Waals surface area contributed by atoms with Crippen molar-refractivity contribution >= 4 is 74.1 Å². The van der Waals surface area contributed by atoms with Crippen LogP contribution in [-0.2, 0) is 78.5 Å². The summed E-state index contributed by atoms with van der Waals surface area (Å²) in [7, 11) is 0. The minimum Gasteiger partial charge on any atom is -0.480 e. The zero-order valence-corrected chi connectivity index (χ0v) is 44.4. The van der Waals surface area contributed by atoms with Crippen LogP contribution in [0.25, 0.3) is 32.7 Å². The molecular weight excluding hydrogens is 1060 g/mol. The molecule has 10 rings (SSSR count). The molecular formula is C57H60N18O8. The number of carbonyl (C=O) groups is 7. The van der Waals surface area contributed by atoms with Crippen LogP contribution in [-0.4, -0.2) is 144 Å². The van der Waals surface area contributed by atoms with Crippen molar-refractivity contribution in [1.29, 1.82) is 0 Å². The third-order valence-electron chi connectivity index (χ3n) is 14.3. The van der Waals surface area contributed by atoms with Crippen LogP contribution in [0, 0.1) is 0 Å². The molecule has 26 nitrogen and oxygen atoms in total. The minimum absolute atomic E-state index is 0.0161. The minimum atomic E-state index is -1.45. The largest absolute Gasteiger partial charge is 0.480 e. The first kappa shape index (κ1) is 55.7. The maximum Gasteiger partial charge on any atom is 0.326 e. The molecule has 83 heavy (non-hydrogen) atoms. The fraction of sp³-hybridized carbons (Fsp3) is 0.246. The molecule has 7 atom stereocenters. The van der Waals surface area contributed by atoms with Crippen molar-refractivity contribution < 1.29 is 38.7 Å². The summed E-state index contributed by atoms with van der Waals surface area (Å²) in [5.41, 5.74) is 12.5. The Labute approximate surface area is 471 Å². The fourth-order valence-corrected chi connectivity index (χ4v) is 10.0. The van der Waals surface area contributed by atoms with Gasteiger partial charge in [0.15, 0.2) is 0 Å². The maximum absolute atomic E-state index is 15.2. The number of imidazole rings is 4. The molecule has 7 heterocycles. The third-order valence-corrected chi connectivity index (χ3v) is 14.3. The van der Waals surface area contributed by atoms with Gasteiger partial charge in [0.1, 0.15) is 36.3 Å². The van der Waals surface area contributed by atoms with E-state index in [0.717, 1.165) is 32.7 Å². The number of hydrogen-bond acceptors (Lipinski definition) is 12. The van der Waals surface area contributed by atoms with Crippen molar-refractivity contribution in [2.45, 2.75) is 87.2 Å². The smallest absolute Gasteiger partial charge is 0.326 e. The number of carbonyl (C=O) groups excluding carboxylic acids is 6. The third kappa shape index (κ3) is 13.9. The van der Waals surface area contributed by atoms with Gasteiger partial charge in [0, 0.05) is 144 Å². The Balaban J connectivity index is 0.937. The number of para-hydroxylation sites is 3. The number of hydrogen-bond donors (Lipinski definition) is 15. The van der Waals surface area contributed by atoms with Crippen LogP contribution in [0.4, 0.5) is 0 Å². The van der Waals surface area contributed by atoms with E-state index >= 15 is 9.59 Å². The van der Waals surface area contributed by atoms with Crippen LogP contribution in [0.15, 0.2) is 141 Å². The van der Waals surface area contributed by atoms with Crippen molar-refractivity contribution in [3.05, 3.63) is 181 Å². The summed E-state index contributed by atoms with van der Waals surface area (Å²) < 4.78 is 0. The second kappa shape index (κ2) is 25.7. The van der Waals surface area contributed by atoms with Crippen LogP contribution >= 0.6 is 0 Å². The summed E-state index contributed by atoms with van der Waals surface area (Å²) >= 11 is 0. The van der Waals surface area contributed by atoms with Crippen molar-refractivity contribution in [2.75, 3.05) is 0 Å². The standard InChI is InChI=1S/C57H60N18O8/c58-41(16-34-23-59-27-66-34)51(76)70-45(13-31-20-63-42-10-4-1-7-38(31)42)52(77)73-48(17-35-24-60-28-67-35)55(80)71-46(14-32-21-64-43-11-5-2-8-39(32)43)53(78)74-49(18-36-25-61-29-68-36)56(81)72-47(15-33-22-65-44-12-6-3-9-40(33)44)54(79)75-50(57(82)83)19-37-26-62-30-69-37/h1-12,20-30,41,45-50,63-65H,13-19,58H2,(H,59,66)(H,60,67)(H,61,68)(H,62,69)(H,70,76)(H,71,80)(H,72,81)(H,73,77)(H,74,78)(H,75,79)(H,82,83). The molecule has 0 aliphatic heterocycles. The lowest BCUT2D eigenvalue weighted by molar-refractivity contribution is -0.142. The second-order valence-corrected chi connectivity index (χ2v) is 20.1. The fourth-order valence-electron chi connectivity index (χ4n) is 10.0. The monoisotopic (exact) mass is 1120 g/mol. The normalized spacial score (nSPS) is 14.0. The molecule has 0 spiro atoms. The van der Waals surface area contributed by atoms with E-state index in [1.54, 1.807) is 18.6 Å². The van der Waals surface area contributed by atoms with E-state index < -0.39 is 83.7 Å². The van der Waals surface area contributed by atoms with Crippen LogP contribution in [0.3, 0.4) is 0 Å². The summed E-state index contributed by atoms with van der Waals surface area (Å²) in [4.78, 5) is 138. The predicted octanol–water partition coefficient (Wildman–Crippen LogP) is 1.34. The van der Waals surface area contributed by atoms with Crippen molar-refractivity contribution in [1.82, 2.24) is 86.7 Å². The maximum atomic E-state index is 15.2. The molecule has 3 aromatic carbocycles. The number of H-pyrrole nitrogens is 7. The van der Waals surface area contributed by atoms with Gasteiger partial charge in [0.05, 0.1) is 31.4 Å². The summed E-state index contributed by atoms with van der Waals surface area (Å²) in [6.07, 6.45) is 16.1. The van der Waals surface area contributed by atoms with Crippen molar-refractivity contribution in [2.24, 2.45) is 5.73 Å². The molecule has 0 aliphatic carbocycles. The number of aliphatic carboxylic acids is 1. The van der Waals surface area contributed by atoms with Gasteiger partial charge in [0.25, 0.3) is 0 Å². The number of carboxylic acid groups (broad SMARTS) is 1. The first-order chi connectivity index (χ1) is 40.3. The summed E-state index contributed by atoms with van der Waals surface area (Å²) in [5.74, 6) is -6.00. The summed E-state index contributed by atoms with van der Waals surface area (Å²) in [6.45, 7) is 0. The van der Waals surface area contributed by atoms with Gasteiger partial charge in [-0.25, -0.2) is 24.7 Å². The second-order valence-electron chi connectivity index (χ2n) is 20.1. The van der Waals surface area contributed by atoms with Crippen LogP contribution in [0.5, 0.6) is 0 Å². The van der Waals surface area contributed by atoms with Crippen molar-refractivity contribution in [3.8, 4) is 0 Å². The van der Waals surface area contributed by atoms with E-state index in [-0.39, 0.29) is 44.9 Å². The first-order valence-electron chi connectivity index (χ1n) is 26.7. The van der Waals surface area contributed by atoms with Crippen molar-refractivity contribution in [3.63, 3.8) is 0 Å². The van der Waals surface area contributed by atoms with E-state index in [1.807, 2.05) is 72.8 Å². The van der Waals surface area contributed by atoms with Gasteiger partial charge in [0.2, 0.25) is 35.4 Å². The average molecular weight is 1130 g/mol. The highest BCUT2D eigenvalue weighted by Crippen LogP contribution is 2.23. The molecule has 10 aromatic rings. The molecule has 0 bridgehead atoms. The van der Waals surface area contributed by atoms with Gasteiger partial charge >= 0.3 is 5.97 Å². The molecule has 0 radical (unpaired) electrons. The van der Waals surface area contributed by atoms with Crippen LogP contribution in [0.1, 0.15) is 39.5 Å². The van der Waals surface area contributed by atoms with E-state index in [2.05, 4.69) is 86.7 Å². The molecule has 426 valence electrons. The molecule has 0 saturated heterocycles. The van der Waals surface area contributed by atoms with Gasteiger partial charge in [-0.2, -0.15) is 0 Å². The molecule has 0 saturated carbocycles. The zero-order chi connectivity index (χ0) is 57.8. The number of rotatable bonds is 27. The number of carboxylic acids is 1. The number of aromatic nitrogens is 11. The summed E-state index contributed by atoms with van der Waals surface area (Å²) in [6, 6.07) is 12.7. The molecule has 0 fully saturated rings. The van der Waals surface area contributed by atoms with Gasteiger partial charge in [-0.3, -0.25) is 28.8 Å². The average Bonchev–Trinajstić information content (AvgIpc) is 4.47. The molecule has 6 amide bonds. The van der Waals surface area contributed by atoms with Gasteiger partial charge in [-0.15, -0.1) is 0 Å². The number of aromatic amines is 7. The Morgan fingerprint density at radius 3 is 0.964 bits per heavy atom. The number of nitrogens with two attached hydrogens (primary N) is 1. The molecule has 0 aliphatic rings. The topological polar surface area (TPSA) is 400 Å². The first-order valence-corrected chi connectivity index (χ1v) is 26.7. The Hall–Kier alpha value is -10.6. The van der Waals surface area contributed by atoms with E-state index in [0.29, 0.717) is 39.5 Å². The van der Waals surface area contributed by atoms with E-state index in [4.69, 9.17) is 5.73 Å². The van der Waals surface area contributed by atoms with E-state index in [9.17, 15) is 29.1 Å². The molecule has 7 aromatic heterocycles. The predicted molar refractivity (Wildman–Crippen MR) is 302 cm³/mol. The number of benzene rings is 3. The number of amides is 6. The lowest BCUT2D eigenvalue weighted by atomic mass is 10.0. The Morgan fingerprint density at radius 2 is 0.651 bits per heavy atom. The Kier molecular flexibility index (Phi) is 17.2. The molecule has 7 unspecified atom stereocenters. The van der Waals surface area contributed by atoms with Gasteiger partial charge < -0.3 is 77.6 Å². The highest BCUT2D eigenvalue weighted by molar-refractivity contribution is 5.98. The summed E-state index contributed by atoms with van der Waals surface area (Å²) in [5, 5.41) is 29.3. The lowest BCUT2D eigenvalue weighted by Crippen LogP contribution is -2.61. The quantitative estimate of drug-likeness (QED) is 0.0346. The highest BCUT2D eigenvalue weighted by Gasteiger charge is 2.36. The van der Waals surface area contributed by atoms with E-state index in [1.165, 1.54) is 50.1 Å². The molecule has 16 N–H and O–H groups in total. The zero-order valence-electron chi connectivity index (χ0n) is 44.4. The van der Waals surface area contributed by atoms with Crippen LogP contribution < -0.4 is 37.6 Å². The lowest BCUT2D eigenvalue weighted by Gasteiger charge is -2.27. The molecule has 26 heteroatoms. The SMILES string of the molecule is NC(Cc1cnc[nH]1)C(=O)NC(Cc1c[nH]c2ccccc12)C(=O)NC(Cc1cnc[nH]1)C(=O)NC(Cc1c[nH]c2ccccc12)C(=O)NC(Cc1cnc[nH]1)C(=O)NC(Cc1c[nH]c2ccccc12)C(=O)NC(Cc1cnc[nH]1)C(=O)O. The Morgan fingerprint density at radius 1 is 0.373 bits per heavy atom. The van der Waals surface area contributed by atoms with Gasteiger partial charge in [-0.05, 0) is 34.9 Å². The highest BCUT2D eigenvalue weighted by atomic mass is 16.4.